The number of hydrogen-bond acceptors (Lipinski definition) is 6. The topological polar surface area (TPSA) is 84.8 Å². The van der Waals surface area contributed by atoms with Gasteiger partial charge < -0.3 is 9.26 Å². The van der Waals surface area contributed by atoms with Crippen LogP contribution in [0.15, 0.2) is 41.1 Å². The maximum Gasteiger partial charge on any atom is 0.258 e. The summed E-state index contributed by atoms with van der Waals surface area (Å²) in [5, 5.41) is 13.1. The van der Waals surface area contributed by atoms with E-state index in [1.165, 1.54) is 18.6 Å². The quantitative estimate of drug-likeness (QED) is 0.534. The number of nitriles is 1. The third-order valence-electron chi connectivity index (χ3n) is 3.93. The molecule has 0 radical (unpaired) electrons. The minimum atomic E-state index is -0.440. The smallest absolute Gasteiger partial charge is 0.258 e. The Balaban J connectivity index is 1.78. The number of pyridine rings is 1. The number of unbranched alkanes of at least 4 members (excludes halogenated alkanes) is 3. The van der Waals surface area contributed by atoms with Crippen molar-refractivity contribution in [3.8, 4) is 34.8 Å². The molecule has 0 spiro atoms. The molecular weight excluding hydrogens is 347 g/mol. The van der Waals surface area contributed by atoms with Gasteiger partial charge in [-0.25, -0.2) is 9.37 Å². The van der Waals surface area contributed by atoms with E-state index in [-0.39, 0.29) is 11.7 Å². The predicted octanol–water partition coefficient (Wildman–Crippen LogP) is 4.77. The van der Waals surface area contributed by atoms with Crippen LogP contribution in [0.4, 0.5) is 4.39 Å². The van der Waals surface area contributed by atoms with E-state index in [9.17, 15) is 9.65 Å². The molecule has 0 aliphatic heterocycles. The van der Waals surface area contributed by atoms with Crippen molar-refractivity contribution in [2.45, 2.75) is 32.6 Å². The standard InChI is InChI=1S/C20H19FN4O2/c1-2-3-4-5-8-26-17-10-14(12-22)9-15(11-17)20-24-19(25-27-20)18-7-6-16(21)13-23-18/h6-7,9-11,13H,2-5,8H2,1H3. The Labute approximate surface area is 156 Å². The summed E-state index contributed by atoms with van der Waals surface area (Å²) in [5.41, 5.74) is 1.42. The molecule has 1 aromatic carbocycles. The van der Waals surface area contributed by atoms with E-state index < -0.39 is 5.82 Å². The van der Waals surface area contributed by atoms with E-state index in [0.29, 0.717) is 29.2 Å². The minimum Gasteiger partial charge on any atom is -0.494 e. The van der Waals surface area contributed by atoms with Crippen LogP contribution < -0.4 is 4.74 Å². The highest BCUT2D eigenvalue weighted by atomic mass is 19.1. The number of aromatic nitrogens is 3. The van der Waals surface area contributed by atoms with Gasteiger partial charge in [0.05, 0.1) is 24.4 Å². The fourth-order valence-corrected chi connectivity index (χ4v) is 2.54. The molecule has 2 heterocycles. The van der Waals surface area contributed by atoms with Crippen LogP contribution in [-0.2, 0) is 0 Å². The Bertz CT molecular complexity index is 932. The summed E-state index contributed by atoms with van der Waals surface area (Å²) in [5.74, 6) is 0.628. The highest BCUT2D eigenvalue weighted by molar-refractivity contribution is 5.61. The van der Waals surface area contributed by atoms with Crippen molar-refractivity contribution in [1.29, 1.82) is 5.26 Å². The third-order valence-corrected chi connectivity index (χ3v) is 3.93. The van der Waals surface area contributed by atoms with Crippen LogP contribution in [0.1, 0.15) is 38.2 Å². The zero-order valence-electron chi connectivity index (χ0n) is 15.0. The molecule has 0 bridgehead atoms. The maximum absolute atomic E-state index is 13.0. The van der Waals surface area contributed by atoms with Gasteiger partial charge in [0.1, 0.15) is 17.3 Å². The van der Waals surface area contributed by atoms with E-state index >= 15 is 0 Å². The highest BCUT2D eigenvalue weighted by Gasteiger charge is 2.14. The summed E-state index contributed by atoms with van der Waals surface area (Å²) < 4.78 is 24.1. The molecule has 6 nitrogen and oxygen atoms in total. The van der Waals surface area contributed by atoms with E-state index in [4.69, 9.17) is 9.26 Å². The Morgan fingerprint density at radius 1 is 1.19 bits per heavy atom. The van der Waals surface area contributed by atoms with E-state index in [2.05, 4.69) is 28.1 Å². The number of halogens is 1. The lowest BCUT2D eigenvalue weighted by molar-refractivity contribution is 0.305. The van der Waals surface area contributed by atoms with E-state index in [1.54, 1.807) is 18.2 Å². The van der Waals surface area contributed by atoms with Crippen LogP contribution in [0.5, 0.6) is 5.75 Å². The highest BCUT2D eigenvalue weighted by Crippen LogP contribution is 2.27. The first-order valence-corrected chi connectivity index (χ1v) is 8.83. The second-order valence-corrected chi connectivity index (χ2v) is 6.05. The monoisotopic (exact) mass is 366 g/mol. The summed E-state index contributed by atoms with van der Waals surface area (Å²) in [6, 6.07) is 9.95. The fourth-order valence-electron chi connectivity index (χ4n) is 2.54. The number of benzene rings is 1. The summed E-state index contributed by atoms with van der Waals surface area (Å²) >= 11 is 0. The summed E-state index contributed by atoms with van der Waals surface area (Å²) in [4.78, 5) is 8.22. The molecule has 0 aliphatic carbocycles. The van der Waals surface area contributed by atoms with Gasteiger partial charge in [-0.1, -0.05) is 31.3 Å². The molecule has 0 aliphatic rings. The number of hydrogen-bond donors (Lipinski definition) is 0. The predicted molar refractivity (Wildman–Crippen MR) is 97.3 cm³/mol. The van der Waals surface area contributed by atoms with E-state index in [1.807, 2.05) is 0 Å². The summed E-state index contributed by atoms with van der Waals surface area (Å²) in [6.45, 7) is 2.74. The van der Waals surface area contributed by atoms with Gasteiger partial charge >= 0.3 is 0 Å². The van der Waals surface area contributed by atoms with Gasteiger partial charge in [0.2, 0.25) is 5.82 Å². The molecule has 2 aromatic heterocycles. The molecule has 7 heteroatoms. The Kier molecular flexibility index (Phi) is 6.10. The molecule has 0 amide bonds. The first kappa shape index (κ1) is 18.5. The van der Waals surface area contributed by atoms with Crippen molar-refractivity contribution >= 4 is 0 Å². The molecule has 0 fully saturated rings. The van der Waals surface area contributed by atoms with Crippen molar-refractivity contribution in [2.75, 3.05) is 6.61 Å². The van der Waals surface area contributed by atoms with Gasteiger partial charge in [-0.2, -0.15) is 10.2 Å². The third kappa shape index (κ3) is 4.88. The van der Waals surface area contributed by atoms with Gasteiger partial charge in [0.15, 0.2) is 0 Å². The summed E-state index contributed by atoms with van der Waals surface area (Å²) in [6.07, 6.45) is 5.50. The molecule has 0 saturated carbocycles. The van der Waals surface area contributed by atoms with Crippen molar-refractivity contribution in [2.24, 2.45) is 0 Å². The average molecular weight is 366 g/mol. The Morgan fingerprint density at radius 3 is 2.81 bits per heavy atom. The van der Waals surface area contributed by atoms with Gasteiger partial charge in [-0.15, -0.1) is 0 Å². The lowest BCUT2D eigenvalue weighted by Crippen LogP contribution is -1.98. The average Bonchev–Trinajstić information content (AvgIpc) is 3.18. The van der Waals surface area contributed by atoms with Crippen LogP contribution in [-0.4, -0.2) is 21.7 Å². The Hall–Kier alpha value is -3.27. The first-order chi connectivity index (χ1) is 13.2. The molecule has 0 N–H and O–H groups in total. The zero-order valence-corrected chi connectivity index (χ0v) is 15.0. The lowest BCUT2D eigenvalue weighted by atomic mass is 10.1. The largest absolute Gasteiger partial charge is 0.494 e. The molecular formula is C20H19FN4O2. The summed E-state index contributed by atoms with van der Waals surface area (Å²) in [7, 11) is 0. The van der Waals surface area contributed by atoms with Crippen molar-refractivity contribution in [1.82, 2.24) is 15.1 Å². The van der Waals surface area contributed by atoms with E-state index in [0.717, 1.165) is 25.5 Å². The van der Waals surface area contributed by atoms with Crippen LogP contribution >= 0.6 is 0 Å². The number of nitrogens with zero attached hydrogens (tertiary/aromatic N) is 4. The van der Waals surface area contributed by atoms with Gasteiger partial charge in [0.25, 0.3) is 5.89 Å². The zero-order chi connectivity index (χ0) is 19.1. The lowest BCUT2D eigenvalue weighted by Gasteiger charge is -2.07. The second-order valence-electron chi connectivity index (χ2n) is 6.05. The Morgan fingerprint density at radius 2 is 2.07 bits per heavy atom. The fraction of sp³-hybridized carbons (Fsp3) is 0.300. The van der Waals surface area contributed by atoms with Crippen molar-refractivity contribution < 1.29 is 13.7 Å². The molecule has 3 aromatic rings. The number of ether oxygens (including phenoxy) is 1. The SMILES string of the molecule is CCCCCCOc1cc(C#N)cc(-c2nc(-c3ccc(F)cn3)no2)c1. The molecule has 3 rings (SSSR count). The first-order valence-electron chi connectivity index (χ1n) is 8.83. The molecule has 138 valence electrons. The second kappa shape index (κ2) is 8.90. The van der Waals surface area contributed by atoms with Gasteiger partial charge in [-0.05, 0) is 36.8 Å². The van der Waals surface area contributed by atoms with Crippen molar-refractivity contribution in [3.05, 3.63) is 47.9 Å². The number of rotatable bonds is 8. The molecule has 0 unspecified atom stereocenters. The molecule has 0 saturated heterocycles. The van der Waals surface area contributed by atoms with Crippen molar-refractivity contribution in [3.63, 3.8) is 0 Å². The van der Waals surface area contributed by atoms with Crippen LogP contribution in [0.2, 0.25) is 0 Å². The van der Waals surface area contributed by atoms with Gasteiger partial charge in [0, 0.05) is 5.56 Å². The molecule has 27 heavy (non-hydrogen) atoms. The minimum absolute atomic E-state index is 0.240. The molecule has 0 atom stereocenters. The van der Waals surface area contributed by atoms with Crippen LogP contribution in [0.3, 0.4) is 0 Å². The normalized spacial score (nSPS) is 10.6. The maximum atomic E-state index is 13.0. The van der Waals surface area contributed by atoms with Crippen LogP contribution in [0, 0.1) is 17.1 Å². The van der Waals surface area contributed by atoms with Crippen LogP contribution in [0.25, 0.3) is 23.0 Å². The van der Waals surface area contributed by atoms with Gasteiger partial charge in [-0.3, -0.25) is 0 Å².